The van der Waals surface area contributed by atoms with Crippen molar-refractivity contribution in [3.05, 3.63) is 64.1 Å². The number of aromatic amines is 1. The molecule has 0 radical (unpaired) electrons. The summed E-state index contributed by atoms with van der Waals surface area (Å²) in [6.07, 6.45) is 3.47. The zero-order chi connectivity index (χ0) is 14.4. The molecule has 1 aromatic carbocycles. The van der Waals surface area contributed by atoms with Gasteiger partial charge in [0.25, 0.3) is 5.91 Å². The van der Waals surface area contributed by atoms with Gasteiger partial charge in [0, 0.05) is 28.8 Å². The van der Waals surface area contributed by atoms with Gasteiger partial charge in [-0.3, -0.25) is 9.59 Å². The molecular formula is C15H15BrN2O2. The van der Waals surface area contributed by atoms with Crippen LogP contribution < -0.4 is 10.9 Å². The molecule has 1 aromatic heterocycles. The third-order valence-corrected chi connectivity index (χ3v) is 3.38. The van der Waals surface area contributed by atoms with Crippen molar-refractivity contribution < 1.29 is 4.79 Å². The summed E-state index contributed by atoms with van der Waals surface area (Å²) in [7, 11) is 0. The SMILES string of the molecule is O=C(Nc1cccc(CCCBr)c1)c1cc[nH]c(=O)c1. The Morgan fingerprint density at radius 2 is 2.10 bits per heavy atom. The first kappa shape index (κ1) is 14.5. The summed E-state index contributed by atoms with van der Waals surface area (Å²) >= 11 is 3.40. The molecule has 0 spiro atoms. The molecule has 0 saturated heterocycles. The van der Waals surface area contributed by atoms with E-state index in [0.717, 1.165) is 23.9 Å². The third-order valence-electron chi connectivity index (χ3n) is 2.82. The van der Waals surface area contributed by atoms with Gasteiger partial charge in [-0.2, -0.15) is 0 Å². The number of benzene rings is 1. The number of carbonyl (C=O) groups excluding carboxylic acids is 1. The Hall–Kier alpha value is -1.88. The number of rotatable bonds is 5. The average Bonchev–Trinajstić information content (AvgIpc) is 2.45. The van der Waals surface area contributed by atoms with Crippen LogP contribution in [-0.4, -0.2) is 16.2 Å². The van der Waals surface area contributed by atoms with Crippen molar-refractivity contribution in [3.8, 4) is 0 Å². The van der Waals surface area contributed by atoms with Crippen molar-refractivity contribution in [1.82, 2.24) is 4.98 Å². The molecule has 0 aliphatic carbocycles. The van der Waals surface area contributed by atoms with E-state index in [2.05, 4.69) is 26.2 Å². The highest BCUT2D eigenvalue weighted by Gasteiger charge is 2.06. The number of H-pyrrole nitrogens is 1. The van der Waals surface area contributed by atoms with Crippen molar-refractivity contribution >= 4 is 27.5 Å². The molecule has 0 atom stereocenters. The number of anilines is 1. The summed E-state index contributed by atoms with van der Waals surface area (Å²) in [6, 6.07) is 10.6. The maximum absolute atomic E-state index is 12.0. The predicted octanol–water partition coefficient (Wildman–Crippen LogP) is 2.95. The molecule has 2 rings (SSSR count). The van der Waals surface area contributed by atoms with E-state index in [0.29, 0.717) is 5.56 Å². The number of aromatic nitrogens is 1. The van der Waals surface area contributed by atoms with E-state index in [1.54, 1.807) is 6.07 Å². The van der Waals surface area contributed by atoms with Crippen LogP contribution in [0, 0.1) is 0 Å². The first-order valence-electron chi connectivity index (χ1n) is 6.34. The molecule has 2 aromatic rings. The van der Waals surface area contributed by atoms with Gasteiger partial charge in [-0.15, -0.1) is 0 Å². The molecule has 1 heterocycles. The maximum atomic E-state index is 12.0. The minimum atomic E-state index is -0.288. The quantitative estimate of drug-likeness (QED) is 0.826. The second kappa shape index (κ2) is 7.05. The zero-order valence-corrected chi connectivity index (χ0v) is 12.4. The van der Waals surface area contributed by atoms with E-state index in [1.807, 2.05) is 24.3 Å². The molecule has 0 aliphatic heterocycles. The molecule has 104 valence electrons. The lowest BCUT2D eigenvalue weighted by molar-refractivity contribution is 0.102. The van der Waals surface area contributed by atoms with Gasteiger partial charge in [0.15, 0.2) is 0 Å². The van der Waals surface area contributed by atoms with Crippen LogP contribution in [0.2, 0.25) is 0 Å². The van der Waals surface area contributed by atoms with Crippen molar-refractivity contribution in [3.63, 3.8) is 0 Å². The lowest BCUT2D eigenvalue weighted by Crippen LogP contribution is -2.15. The van der Waals surface area contributed by atoms with Gasteiger partial charge < -0.3 is 10.3 Å². The Labute approximate surface area is 125 Å². The van der Waals surface area contributed by atoms with Crippen LogP contribution >= 0.6 is 15.9 Å². The lowest BCUT2D eigenvalue weighted by Gasteiger charge is -2.07. The van der Waals surface area contributed by atoms with Crippen LogP contribution in [0.25, 0.3) is 0 Å². The molecule has 5 heteroatoms. The average molecular weight is 335 g/mol. The Morgan fingerprint density at radius 1 is 1.25 bits per heavy atom. The van der Waals surface area contributed by atoms with E-state index in [1.165, 1.54) is 17.8 Å². The second-order valence-electron chi connectivity index (χ2n) is 4.39. The summed E-state index contributed by atoms with van der Waals surface area (Å²) in [5.41, 5.74) is 1.97. The van der Waals surface area contributed by atoms with Crippen molar-refractivity contribution in [1.29, 1.82) is 0 Å². The van der Waals surface area contributed by atoms with E-state index in [9.17, 15) is 9.59 Å². The molecule has 2 N–H and O–H groups in total. The molecule has 0 saturated carbocycles. The van der Waals surface area contributed by atoms with Gasteiger partial charge in [-0.05, 0) is 36.6 Å². The largest absolute Gasteiger partial charge is 0.329 e. The van der Waals surface area contributed by atoms with Crippen LogP contribution in [0.3, 0.4) is 0 Å². The van der Waals surface area contributed by atoms with Gasteiger partial charge in [0.1, 0.15) is 0 Å². The Morgan fingerprint density at radius 3 is 2.85 bits per heavy atom. The van der Waals surface area contributed by atoms with Gasteiger partial charge >= 0.3 is 0 Å². The van der Waals surface area contributed by atoms with Crippen LogP contribution in [0.4, 0.5) is 5.69 Å². The number of nitrogens with one attached hydrogen (secondary N) is 2. The van der Waals surface area contributed by atoms with Crippen molar-refractivity contribution in [2.75, 3.05) is 10.6 Å². The fourth-order valence-electron chi connectivity index (χ4n) is 1.86. The number of pyridine rings is 1. The second-order valence-corrected chi connectivity index (χ2v) is 5.18. The van der Waals surface area contributed by atoms with Crippen molar-refractivity contribution in [2.45, 2.75) is 12.8 Å². The molecule has 1 amide bonds. The van der Waals surface area contributed by atoms with Gasteiger partial charge in [0.05, 0.1) is 0 Å². The summed E-state index contributed by atoms with van der Waals surface area (Å²) in [5, 5.41) is 3.75. The van der Waals surface area contributed by atoms with E-state index >= 15 is 0 Å². The molecule has 0 bridgehead atoms. The highest BCUT2D eigenvalue weighted by Crippen LogP contribution is 2.13. The topological polar surface area (TPSA) is 62.0 Å². The Bertz CT molecular complexity index is 652. The summed E-state index contributed by atoms with van der Waals surface area (Å²) < 4.78 is 0. The first-order chi connectivity index (χ1) is 9.69. The highest BCUT2D eigenvalue weighted by molar-refractivity contribution is 9.09. The molecule has 0 unspecified atom stereocenters. The number of carbonyl (C=O) groups is 1. The van der Waals surface area contributed by atoms with Crippen LogP contribution in [0.1, 0.15) is 22.3 Å². The Balaban J connectivity index is 2.09. The summed E-state index contributed by atoms with van der Waals surface area (Å²) in [6.45, 7) is 0. The number of alkyl halides is 1. The third kappa shape index (κ3) is 4.06. The van der Waals surface area contributed by atoms with Crippen molar-refractivity contribution in [2.24, 2.45) is 0 Å². The lowest BCUT2D eigenvalue weighted by atomic mass is 10.1. The maximum Gasteiger partial charge on any atom is 0.255 e. The number of hydrogen-bond donors (Lipinski definition) is 2. The number of amides is 1. The fourth-order valence-corrected chi connectivity index (χ4v) is 2.14. The summed E-state index contributed by atoms with van der Waals surface area (Å²) in [4.78, 5) is 25.7. The highest BCUT2D eigenvalue weighted by atomic mass is 79.9. The van der Waals surface area contributed by atoms with Crippen LogP contribution in [0.15, 0.2) is 47.4 Å². The molecule has 0 fully saturated rings. The van der Waals surface area contributed by atoms with Gasteiger partial charge in [-0.25, -0.2) is 0 Å². The molecule has 20 heavy (non-hydrogen) atoms. The molecule has 4 nitrogen and oxygen atoms in total. The normalized spacial score (nSPS) is 10.2. The van der Waals surface area contributed by atoms with Gasteiger partial charge in [-0.1, -0.05) is 28.1 Å². The van der Waals surface area contributed by atoms with E-state index < -0.39 is 0 Å². The number of hydrogen-bond acceptors (Lipinski definition) is 2. The zero-order valence-electron chi connectivity index (χ0n) is 10.9. The first-order valence-corrected chi connectivity index (χ1v) is 7.46. The monoisotopic (exact) mass is 334 g/mol. The molecule has 0 aliphatic rings. The predicted molar refractivity (Wildman–Crippen MR) is 83.6 cm³/mol. The fraction of sp³-hybridized carbons (Fsp3) is 0.200. The number of halogens is 1. The minimum Gasteiger partial charge on any atom is -0.329 e. The summed E-state index contributed by atoms with van der Waals surface area (Å²) in [5.74, 6) is -0.284. The standard InChI is InChI=1S/C15H15BrN2O2/c16-7-2-4-11-3-1-5-13(9-11)18-15(20)12-6-8-17-14(19)10-12/h1,3,5-6,8-10H,2,4,7H2,(H,17,19)(H,18,20). The van der Waals surface area contributed by atoms with Crippen LogP contribution in [-0.2, 0) is 6.42 Å². The minimum absolute atomic E-state index is 0.284. The number of aryl methyl sites for hydroxylation is 1. The van der Waals surface area contributed by atoms with E-state index in [-0.39, 0.29) is 11.5 Å². The van der Waals surface area contributed by atoms with E-state index in [4.69, 9.17) is 0 Å². The van der Waals surface area contributed by atoms with Gasteiger partial charge in [0.2, 0.25) is 5.56 Å². The molecular weight excluding hydrogens is 320 g/mol. The Kier molecular flexibility index (Phi) is 5.12. The van der Waals surface area contributed by atoms with Crippen LogP contribution in [0.5, 0.6) is 0 Å². The smallest absolute Gasteiger partial charge is 0.255 e.